The smallest absolute Gasteiger partial charge is 0.475 e. The fraction of sp³-hybridized carbons (Fsp3) is 0.261. The van der Waals surface area contributed by atoms with Gasteiger partial charge in [0.1, 0.15) is 11.3 Å². The van der Waals surface area contributed by atoms with E-state index in [4.69, 9.17) is 24.9 Å². The summed E-state index contributed by atoms with van der Waals surface area (Å²) in [7, 11) is 2.14. The zero-order valence-electron chi connectivity index (χ0n) is 19.4. The molecule has 0 bridgehead atoms. The molecular weight excluding hydrogens is 497 g/mol. The van der Waals surface area contributed by atoms with Crippen LogP contribution in [0.2, 0.25) is 0 Å². The van der Waals surface area contributed by atoms with E-state index < -0.39 is 18.1 Å². The van der Waals surface area contributed by atoms with E-state index in [1.807, 2.05) is 24.3 Å². The maximum absolute atomic E-state index is 11.5. The summed E-state index contributed by atoms with van der Waals surface area (Å²) in [6, 6.07) is 11.6. The Bertz CT molecular complexity index is 1430. The van der Waals surface area contributed by atoms with Crippen molar-refractivity contribution in [3.8, 4) is 11.8 Å². The number of anilines is 1. The van der Waals surface area contributed by atoms with Gasteiger partial charge in [0.25, 0.3) is 5.91 Å². The standard InChI is InChI=1S/C21H20N6O3.C2HF3O2/c1-26-8-10-27(11-9-26)14-3-5-15(6-4-14)29-21-23-12-13-2-7-16-18(20(22)28)25-30-19(16)17(13)24-21;3-2(4,5)1(6)7/h2-7,12H,8-11H2,1H3,(H2,22,28);(H,6,7). The van der Waals surface area contributed by atoms with Gasteiger partial charge in [-0.3, -0.25) is 4.79 Å². The molecule has 5 rings (SSSR count). The Hall–Kier alpha value is -4.46. The van der Waals surface area contributed by atoms with Gasteiger partial charge in [-0.05, 0) is 37.4 Å². The minimum absolute atomic E-state index is 0.0764. The maximum Gasteiger partial charge on any atom is 0.490 e. The number of carboxylic acid groups (broad SMARTS) is 1. The summed E-state index contributed by atoms with van der Waals surface area (Å²) < 4.78 is 42.9. The fourth-order valence-corrected chi connectivity index (χ4v) is 3.60. The summed E-state index contributed by atoms with van der Waals surface area (Å²) in [5.41, 5.74) is 7.47. The van der Waals surface area contributed by atoms with E-state index in [0.717, 1.165) is 37.3 Å². The van der Waals surface area contributed by atoms with E-state index >= 15 is 0 Å². The molecule has 14 heteroatoms. The lowest BCUT2D eigenvalue weighted by Gasteiger charge is -2.34. The molecule has 0 saturated carbocycles. The van der Waals surface area contributed by atoms with Gasteiger partial charge >= 0.3 is 18.2 Å². The average molecular weight is 518 g/mol. The molecule has 37 heavy (non-hydrogen) atoms. The second kappa shape index (κ2) is 10.3. The lowest BCUT2D eigenvalue weighted by atomic mass is 10.1. The van der Waals surface area contributed by atoms with Crippen LogP contribution >= 0.6 is 0 Å². The number of ether oxygens (including phenoxy) is 1. The Morgan fingerprint density at radius 1 is 1.08 bits per heavy atom. The third-order valence-corrected chi connectivity index (χ3v) is 5.56. The highest BCUT2D eigenvalue weighted by Crippen LogP contribution is 2.29. The summed E-state index contributed by atoms with van der Waals surface area (Å²) in [6.45, 7) is 4.11. The predicted molar refractivity (Wildman–Crippen MR) is 126 cm³/mol. The summed E-state index contributed by atoms with van der Waals surface area (Å²) in [5.74, 6) is -2.78. The molecule has 11 nitrogen and oxygen atoms in total. The van der Waals surface area contributed by atoms with Crippen molar-refractivity contribution in [3.63, 3.8) is 0 Å². The molecule has 3 heterocycles. The number of halogens is 3. The number of alkyl halides is 3. The summed E-state index contributed by atoms with van der Waals surface area (Å²) >= 11 is 0. The Morgan fingerprint density at radius 2 is 1.73 bits per heavy atom. The van der Waals surface area contributed by atoms with Crippen LogP contribution in [-0.4, -0.2) is 76.4 Å². The van der Waals surface area contributed by atoms with Crippen molar-refractivity contribution in [2.24, 2.45) is 5.73 Å². The molecule has 1 aliphatic rings. The number of nitrogens with two attached hydrogens (primary N) is 1. The minimum Gasteiger partial charge on any atom is -0.475 e. The van der Waals surface area contributed by atoms with Gasteiger partial charge in [0.15, 0.2) is 11.3 Å². The molecule has 0 spiro atoms. The third kappa shape index (κ3) is 5.86. The second-order valence-corrected chi connectivity index (χ2v) is 8.12. The summed E-state index contributed by atoms with van der Waals surface area (Å²) in [6.07, 6.45) is -3.44. The van der Waals surface area contributed by atoms with Crippen LogP contribution in [0.15, 0.2) is 47.1 Å². The highest BCUT2D eigenvalue weighted by molar-refractivity contribution is 6.10. The Balaban J connectivity index is 0.000000405. The first-order valence-corrected chi connectivity index (χ1v) is 10.9. The van der Waals surface area contributed by atoms with Crippen LogP contribution in [0.3, 0.4) is 0 Å². The molecule has 194 valence electrons. The van der Waals surface area contributed by atoms with Crippen molar-refractivity contribution >= 4 is 39.4 Å². The van der Waals surface area contributed by atoms with E-state index in [1.165, 1.54) is 0 Å². The number of aromatic nitrogens is 3. The van der Waals surface area contributed by atoms with Crippen molar-refractivity contribution in [2.75, 3.05) is 38.1 Å². The first-order chi connectivity index (χ1) is 17.5. The van der Waals surface area contributed by atoms with Crippen molar-refractivity contribution in [3.05, 3.63) is 48.3 Å². The highest BCUT2D eigenvalue weighted by atomic mass is 19.4. The zero-order valence-corrected chi connectivity index (χ0v) is 19.4. The Morgan fingerprint density at radius 3 is 2.32 bits per heavy atom. The molecule has 4 aromatic rings. The topological polar surface area (TPSA) is 148 Å². The monoisotopic (exact) mass is 518 g/mol. The van der Waals surface area contributed by atoms with Crippen LogP contribution in [0, 0.1) is 0 Å². The van der Waals surface area contributed by atoms with Crippen molar-refractivity contribution < 1.29 is 37.1 Å². The van der Waals surface area contributed by atoms with E-state index in [-0.39, 0.29) is 11.7 Å². The third-order valence-electron chi connectivity index (χ3n) is 5.56. The molecule has 2 aromatic carbocycles. The lowest BCUT2D eigenvalue weighted by Crippen LogP contribution is -2.44. The number of nitrogens with zero attached hydrogens (tertiary/aromatic N) is 5. The first-order valence-electron chi connectivity index (χ1n) is 10.9. The van der Waals surface area contributed by atoms with Gasteiger partial charge in [-0.15, -0.1) is 0 Å². The number of amides is 1. The number of hydrogen-bond donors (Lipinski definition) is 2. The van der Waals surface area contributed by atoms with Crippen LogP contribution in [0.25, 0.3) is 21.9 Å². The average Bonchev–Trinajstić information content (AvgIpc) is 3.30. The van der Waals surface area contributed by atoms with Gasteiger partial charge in [-0.1, -0.05) is 11.2 Å². The van der Waals surface area contributed by atoms with Crippen molar-refractivity contribution in [1.82, 2.24) is 20.0 Å². The number of carboxylic acids is 1. The largest absolute Gasteiger partial charge is 0.490 e. The van der Waals surface area contributed by atoms with Gasteiger partial charge in [0.2, 0.25) is 0 Å². The molecule has 3 N–H and O–H groups in total. The van der Waals surface area contributed by atoms with Crippen molar-refractivity contribution in [1.29, 1.82) is 0 Å². The number of aliphatic carboxylic acids is 1. The predicted octanol–water partition coefficient (Wildman–Crippen LogP) is 3.05. The van der Waals surface area contributed by atoms with Gasteiger partial charge in [-0.2, -0.15) is 18.2 Å². The van der Waals surface area contributed by atoms with Gasteiger partial charge < -0.3 is 29.9 Å². The van der Waals surface area contributed by atoms with E-state index in [2.05, 4.69) is 32.0 Å². The first kappa shape index (κ1) is 25.6. The highest BCUT2D eigenvalue weighted by Gasteiger charge is 2.38. The number of benzene rings is 2. The number of likely N-dealkylation sites (N-methyl/N-ethyl adjacent to an activating group) is 1. The van der Waals surface area contributed by atoms with Crippen LogP contribution in [-0.2, 0) is 4.79 Å². The van der Waals surface area contributed by atoms with Crippen LogP contribution < -0.4 is 15.4 Å². The number of primary amides is 1. The van der Waals surface area contributed by atoms with E-state index in [0.29, 0.717) is 22.2 Å². The van der Waals surface area contributed by atoms with Gasteiger partial charge in [0.05, 0.1) is 5.39 Å². The summed E-state index contributed by atoms with van der Waals surface area (Å²) in [5, 5.41) is 12.1. The molecule has 1 amide bonds. The number of carbonyl (C=O) groups is 2. The molecular formula is C23H21F3N6O5. The lowest BCUT2D eigenvalue weighted by molar-refractivity contribution is -0.192. The number of rotatable bonds is 4. The molecule has 0 unspecified atom stereocenters. The minimum atomic E-state index is -5.08. The molecule has 1 aliphatic heterocycles. The maximum atomic E-state index is 11.5. The molecule has 0 aliphatic carbocycles. The van der Waals surface area contributed by atoms with Crippen LogP contribution in [0.4, 0.5) is 18.9 Å². The normalized spacial score (nSPS) is 14.3. The quantitative estimate of drug-likeness (QED) is 0.413. The number of carbonyl (C=O) groups excluding carboxylic acids is 1. The second-order valence-electron chi connectivity index (χ2n) is 8.12. The number of fused-ring (bicyclic) bond motifs is 3. The SMILES string of the molecule is CN1CCN(c2ccc(Oc3ncc4ccc5c(C(N)=O)noc5c4n3)cc2)CC1.O=C(O)C(F)(F)F. The van der Waals surface area contributed by atoms with Gasteiger partial charge in [0, 0.05) is 43.4 Å². The molecule has 1 fully saturated rings. The Kier molecular flexibility index (Phi) is 7.11. The van der Waals surface area contributed by atoms with Crippen molar-refractivity contribution in [2.45, 2.75) is 6.18 Å². The van der Waals surface area contributed by atoms with Gasteiger partial charge in [-0.25, -0.2) is 9.78 Å². The number of hydrogen-bond acceptors (Lipinski definition) is 9. The summed E-state index contributed by atoms with van der Waals surface area (Å²) in [4.78, 5) is 33.8. The van der Waals surface area contributed by atoms with Crippen LogP contribution in [0.5, 0.6) is 11.8 Å². The Labute approximate surface area is 207 Å². The van der Waals surface area contributed by atoms with E-state index in [9.17, 15) is 18.0 Å². The number of piperazine rings is 1. The molecule has 0 radical (unpaired) electrons. The fourth-order valence-electron chi connectivity index (χ4n) is 3.60. The molecule has 0 atom stereocenters. The molecule has 1 saturated heterocycles. The zero-order chi connectivity index (χ0) is 26.7. The molecule has 2 aromatic heterocycles. The van der Waals surface area contributed by atoms with E-state index in [1.54, 1.807) is 18.3 Å². The van der Waals surface area contributed by atoms with Crippen LogP contribution in [0.1, 0.15) is 10.5 Å².